The number of rotatable bonds is 4. The summed E-state index contributed by atoms with van der Waals surface area (Å²) in [6.07, 6.45) is 15.9. The quantitative estimate of drug-likeness (QED) is 0.501. The fraction of sp³-hybridized carbons (Fsp3) is 0.538. The molecule has 0 aromatic rings. The number of carbonyl (C=O) groups excluding carboxylic acids is 2. The van der Waals surface area contributed by atoms with E-state index in [1.807, 2.05) is 37.3 Å². The summed E-state index contributed by atoms with van der Waals surface area (Å²) < 4.78 is 11.2. The van der Waals surface area contributed by atoms with E-state index in [1.165, 1.54) is 6.92 Å². The fourth-order valence-electron chi connectivity index (χ4n) is 3.36. The molecule has 1 amide bonds. The molecule has 0 unspecified atom stereocenters. The van der Waals surface area contributed by atoms with Crippen molar-refractivity contribution >= 4 is 11.9 Å². The summed E-state index contributed by atoms with van der Waals surface area (Å²) >= 11 is 0. The molecule has 0 spiro atoms. The zero-order valence-corrected chi connectivity index (χ0v) is 20.0. The van der Waals surface area contributed by atoms with Crippen molar-refractivity contribution in [2.45, 2.75) is 71.7 Å². The highest BCUT2D eigenvalue weighted by Crippen LogP contribution is 2.16. The summed E-state index contributed by atoms with van der Waals surface area (Å²) in [6, 6.07) is 0. The van der Waals surface area contributed by atoms with Crippen LogP contribution in [0.3, 0.4) is 0 Å². The highest BCUT2D eigenvalue weighted by molar-refractivity contribution is 5.73. The van der Waals surface area contributed by atoms with Crippen LogP contribution in [0.5, 0.6) is 0 Å². The van der Waals surface area contributed by atoms with Crippen LogP contribution in [-0.4, -0.2) is 48.9 Å². The number of carbonyl (C=O) groups is 2. The van der Waals surface area contributed by atoms with Gasteiger partial charge in [-0.05, 0) is 44.3 Å². The van der Waals surface area contributed by atoms with E-state index < -0.39 is 18.2 Å². The maximum atomic E-state index is 12.4. The first kappa shape index (κ1) is 27.6. The second kappa shape index (κ2) is 15.4. The third-order valence-corrected chi connectivity index (χ3v) is 5.05. The number of methoxy groups -OCH3 is 1. The molecule has 0 saturated carbocycles. The zero-order valence-electron chi connectivity index (χ0n) is 20.0. The van der Waals surface area contributed by atoms with Gasteiger partial charge in [0, 0.05) is 27.0 Å². The van der Waals surface area contributed by atoms with E-state index in [1.54, 1.807) is 13.2 Å². The highest BCUT2D eigenvalue weighted by Gasteiger charge is 2.15. The second-order valence-electron chi connectivity index (χ2n) is 8.33. The maximum Gasteiger partial charge on any atom is 0.309 e. The van der Waals surface area contributed by atoms with Gasteiger partial charge in [0.15, 0.2) is 0 Å². The number of hydrogen-bond acceptors (Lipinski definition) is 5. The molecule has 4 atom stereocenters. The van der Waals surface area contributed by atoms with E-state index in [2.05, 4.69) is 31.3 Å². The molecule has 32 heavy (non-hydrogen) atoms. The zero-order chi connectivity index (χ0) is 23.9. The summed E-state index contributed by atoms with van der Waals surface area (Å²) in [6.45, 7) is 7.94. The summed E-state index contributed by atoms with van der Waals surface area (Å²) in [5, 5.41) is 13.0. The minimum atomic E-state index is -0.925. The van der Waals surface area contributed by atoms with Gasteiger partial charge in [-0.15, -0.1) is 0 Å². The van der Waals surface area contributed by atoms with Crippen LogP contribution >= 0.6 is 0 Å². The molecule has 1 aliphatic rings. The summed E-state index contributed by atoms with van der Waals surface area (Å²) in [5.41, 5.74) is 2.04. The normalized spacial score (nSPS) is 31.2. The molecule has 6 heteroatoms. The van der Waals surface area contributed by atoms with E-state index in [0.717, 1.165) is 17.6 Å². The molecular weight excluding hydrogens is 406 g/mol. The standard InChI is InChI=1S/C26H39NO5/c1-19-11-8-6-7-9-13-24(16-20(2)18-27-22(4)28)32-26(30)17-23(29)12-10-14-25(31-5)21(3)15-19/h6-10,12,15-16,19,23-25,29H,11,13-14,17-18H2,1-5H3,(H,27,28)/b8-6+,9-7+,12-10+,20-16-,21-15+/t19-,23+,24+,25-/m0/s1. The number of aliphatic hydroxyl groups is 1. The molecular formula is C26H39NO5. The van der Waals surface area contributed by atoms with Gasteiger partial charge in [-0.1, -0.05) is 55.0 Å². The molecule has 0 aromatic carbocycles. The van der Waals surface area contributed by atoms with Crippen molar-refractivity contribution in [1.82, 2.24) is 5.32 Å². The van der Waals surface area contributed by atoms with Crippen molar-refractivity contribution in [2.24, 2.45) is 5.92 Å². The number of cyclic esters (lactones) is 1. The number of nitrogens with one attached hydrogen (secondary N) is 1. The molecule has 2 N–H and O–H groups in total. The van der Waals surface area contributed by atoms with Crippen molar-refractivity contribution in [3.63, 3.8) is 0 Å². The van der Waals surface area contributed by atoms with Gasteiger partial charge in [0.2, 0.25) is 5.91 Å². The number of esters is 1. The molecule has 1 rings (SSSR count). The van der Waals surface area contributed by atoms with Gasteiger partial charge in [-0.2, -0.15) is 0 Å². The van der Waals surface area contributed by atoms with Crippen LogP contribution in [0, 0.1) is 5.92 Å². The van der Waals surface area contributed by atoms with Crippen molar-refractivity contribution in [3.8, 4) is 0 Å². The first-order valence-corrected chi connectivity index (χ1v) is 11.2. The van der Waals surface area contributed by atoms with Gasteiger partial charge in [0.25, 0.3) is 0 Å². The van der Waals surface area contributed by atoms with E-state index >= 15 is 0 Å². The molecule has 1 aliphatic heterocycles. The molecule has 0 bridgehead atoms. The molecule has 6 nitrogen and oxygen atoms in total. The second-order valence-corrected chi connectivity index (χ2v) is 8.33. The van der Waals surface area contributed by atoms with Gasteiger partial charge in [-0.25, -0.2) is 0 Å². The average Bonchev–Trinajstić information content (AvgIpc) is 2.71. The van der Waals surface area contributed by atoms with Crippen molar-refractivity contribution < 1.29 is 24.2 Å². The smallest absolute Gasteiger partial charge is 0.309 e. The third kappa shape index (κ3) is 12.4. The van der Waals surface area contributed by atoms with Gasteiger partial charge in [0.05, 0.1) is 18.6 Å². The maximum absolute atomic E-state index is 12.4. The number of hydrogen-bond donors (Lipinski definition) is 2. The highest BCUT2D eigenvalue weighted by atomic mass is 16.5. The summed E-state index contributed by atoms with van der Waals surface area (Å²) in [4.78, 5) is 23.5. The van der Waals surface area contributed by atoms with Crippen LogP contribution in [0.15, 0.2) is 59.8 Å². The Morgan fingerprint density at radius 2 is 1.91 bits per heavy atom. The van der Waals surface area contributed by atoms with Crippen molar-refractivity contribution in [2.75, 3.05) is 13.7 Å². The van der Waals surface area contributed by atoms with E-state index in [4.69, 9.17) is 9.47 Å². The summed E-state index contributed by atoms with van der Waals surface area (Å²) in [7, 11) is 1.67. The first-order chi connectivity index (χ1) is 15.2. The largest absolute Gasteiger partial charge is 0.458 e. The minimum absolute atomic E-state index is 0.0725. The molecule has 0 aromatic heterocycles. The van der Waals surface area contributed by atoms with Crippen molar-refractivity contribution in [3.05, 3.63) is 59.8 Å². The van der Waals surface area contributed by atoms with Gasteiger partial charge in [0.1, 0.15) is 6.10 Å². The predicted octanol–water partition coefficient (Wildman–Crippen LogP) is 4.18. The van der Waals surface area contributed by atoms with Crippen LogP contribution in [0.2, 0.25) is 0 Å². The topological polar surface area (TPSA) is 84.9 Å². The molecule has 0 radical (unpaired) electrons. The lowest BCUT2D eigenvalue weighted by Gasteiger charge is -2.17. The lowest BCUT2D eigenvalue weighted by molar-refractivity contribution is -0.148. The lowest BCUT2D eigenvalue weighted by Crippen LogP contribution is -2.24. The third-order valence-electron chi connectivity index (χ3n) is 5.05. The first-order valence-electron chi connectivity index (χ1n) is 11.2. The Bertz CT molecular complexity index is 747. The fourth-order valence-corrected chi connectivity index (χ4v) is 3.36. The molecule has 0 fully saturated rings. The Morgan fingerprint density at radius 3 is 2.56 bits per heavy atom. The monoisotopic (exact) mass is 445 g/mol. The van der Waals surface area contributed by atoms with Crippen LogP contribution in [0.1, 0.15) is 53.4 Å². The van der Waals surface area contributed by atoms with Crippen LogP contribution in [0.25, 0.3) is 0 Å². The predicted molar refractivity (Wildman–Crippen MR) is 128 cm³/mol. The average molecular weight is 446 g/mol. The number of amides is 1. The summed E-state index contributed by atoms with van der Waals surface area (Å²) in [5.74, 6) is -0.220. The van der Waals surface area contributed by atoms with E-state index in [-0.39, 0.29) is 18.4 Å². The Morgan fingerprint density at radius 1 is 1.22 bits per heavy atom. The Balaban J connectivity index is 2.99. The SMILES string of the molecule is CO[C@H]1C/C=C/[C@@H](O)CC(=O)O[C@@H](/C=C(/C)CNC(C)=O)C/C=C/C=C/C[C@H](C)/C=C/1C. The minimum Gasteiger partial charge on any atom is -0.458 e. The number of allylic oxidation sites excluding steroid dienone is 4. The number of ether oxygens (including phenoxy) is 2. The van der Waals surface area contributed by atoms with Crippen LogP contribution < -0.4 is 5.32 Å². The van der Waals surface area contributed by atoms with Gasteiger partial charge < -0.3 is 19.9 Å². The Labute approximate surface area is 192 Å². The number of aliphatic hydroxyl groups excluding tert-OH is 1. The molecule has 178 valence electrons. The van der Waals surface area contributed by atoms with E-state index in [9.17, 15) is 14.7 Å². The molecule has 1 heterocycles. The van der Waals surface area contributed by atoms with Crippen LogP contribution in [-0.2, 0) is 19.1 Å². The van der Waals surface area contributed by atoms with Crippen LogP contribution in [0.4, 0.5) is 0 Å². The molecule has 0 aliphatic carbocycles. The van der Waals surface area contributed by atoms with E-state index in [0.29, 0.717) is 25.3 Å². The molecule has 0 saturated heterocycles. The van der Waals surface area contributed by atoms with Gasteiger partial charge in [-0.3, -0.25) is 9.59 Å². The lowest BCUT2D eigenvalue weighted by atomic mass is 9.99. The Kier molecular flexibility index (Phi) is 13.3. The van der Waals surface area contributed by atoms with Gasteiger partial charge >= 0.3 is 5.97 Å². The Hall–Kier alpha value is -2.44. The van der Waals surface area contributed by atoms with Crippen molar-refractivity contribution in [1.29, 1.82) is 0 Å².